The first-order valence-corrected chi connectivity index (χ1v) is 6.48. The molecule has 5 nitrogen and oxygen atoms in total. The number of halogens is 1. The first kappa shape index (κ1) is 17.3. The van der Waals surface area contributed by atoms with E-state index in [1.807, 2.05) is 12.3 Å². The lowest BCUT2D eigenvalue weighted by Crippen LogP contribution is -2.46. The molecule has 1 aromatic rings. The molecular weight excluding hydrogens is 274 g/mol. The molecule has 104 valence electrons. The van der Waals surface area contributed by atoms with Crippen molar-refractivity contribution in [3.63, 3.8) is 0 Å². The molecule has 0 saturated heterocycles. The van der Waals surface area contributed by atoms with Crippen LogP contribution in [0.5, 0.6) is 0 Å². The molecule has 1 atom stereocenters. The maximum atomic E-state index is 11.9. The van der Waals surface area contributed by atoms with E-state index in [4.69, 9.17) is 10.5 Å². The largest absolute Gasteiger partial charge is 0.383 e. The third-order valence-electron chi connectivity index (χ3n) is 2.44. The summed E-state index contributed by atoms with van der Waals surface area (Å²) in [5.41, 5.74) is 5.72. The van der Waals surface area contributed by atoms with Gasteiger partial charge >= 0.3 is 0 Å². The number of hydrogen-bond acceptors (Lipinski definition) is 5. The molecule has 1 amide bonds. The number of carbonyl (C=O) groups excluding carboxylic acids is 1. The lowest BCUT2D eigenvalue weighted by atomic mass is 10.2. The zero-order valence-corrected chi connectivity index (χ0v) is 12.3. The van der Waals surface area contributed by atoms with Crippen molar-refractivity contribution in [2.45, 2.75) is 19.4 Å². The van der Waals surface area contributed by atoms with Crippen molar-refractivity contribution in [3.8, 4) is 0 Å². The zero-order valence-electron chi connectivity index (χ0n) is 10.7. The summed E-state index contributed by atoms with van der Waals surface area (Å²) in [7, 11) is 1.54. The molecule has 2 N–H and O–H groups in total. The second-order valence-electron chi connectivity index (χ2n) is 3.66. The molecule has 7 heteroatoms. The van der Waals surface area contributed by atoms with E-state index < -0.39 is 6.04 Å². The van der Waals surface area contributed by atoms with Crippen LogP contribution in [0.2, 0.25) is 0 Å². The number of ether oxygens (including phenoxy) is 1. The molecule has 0 bridgehead atoms. The third-order valence-corrected chi connectivity index (χ3v) is 3.28. The van der Waals surface area contributed by atoms with Crippen molar-refractivity contribution in [1.82, 2.24) is 9.88 Å². The number of rotatable bonds is 7. The van der Waals surface area contributed by atoms with Crippen LogP contribution >= 0.6 is 23.7 Å². The highest BCUT2D eigenvalue weighted by Crippen LogP contribution is 2.06. The lowest BCUT2D eigenvalue weighted by Gasteiger charge is -2.23. The van der Waals surface area contributed by atoms with Crippen molar-refractivity contribution in [2.75, 3.05) is 26.8 Å². The molecule has 18 heavy (non-hydrogen) atoms. The zero-order chi connectivity index (χ0) is 12.7. The summed E-state index contributed by atoms with van der Waals surface area (Å²) in [6.45, 7) is 3.51. The van der Waals surface area contributed by atoms with Gasteiger partial charge in [-0.05, 0) is 6.92 Å². The second-order valence-corrected chi connectivity index (χ2v) is 4.63. The predicted molar refractivity (Wildman–Crippen MR) is 75.2 cm³/mol. The minimum atomic E-state index is -0.573. The fraction of sp³-hybridized carbons (Fsp3) is 0.636. The molecule has 0 aliphatic carbocycles. The van der Waals surface area contributed by atoms with Gasteiger partial charge in [-0.1, -0.05) is 0 Å². The van der Waals surface area contributed by atoms with Gasteiger partial charge in [-0.3, -0.25) is 4.79 Å². The third kappa shape index (κ3) is 5.30. The van der Waals surface area contributed by atoms with Gasteiger partial charge < -0.3 is 15.4 Å². The summed E-state index contributed by atoms with van der Waals surface area (Å²) in [6, 6.07) is -0.573. The Bertz CT molecular complexity index is 335. The molecule has 1 rings (SSSR count). The molecular formula is C11H20ClN3O2S. The minimum absolute atomic E-state index is 0. The Kier molecular flexibility index (Phi) is 8.91. The highest BCUT2D eigenvalue weighted by Gasteiger charge is 2.19. The van der Waals surface area contributed by atoms with Gasteiger partial charge in [0.2, 0.25) is 5.91 Å². The van der Waals surface area contributed by atoms with Crippen molar-refractivity contribution in [3.05, 3.63) is 16.6 Å². The summed E-state index contributed by atoms with van der Waals surface area (Å²) >= 11 is 1.60. The van der Waals surface area contributed by atoms with Gasteiger partial charge in [0.15, 0.2) is 0 Å². The van der Waals surface area contributed by atoms with Gasteiger partial charge in [0, 0.05) is 38.2 Å². The number of thiazole rings is 1. The van der Waals surface area contributed by atoms with Crippen LogP contribution in [0.4, 0.5) is 0 Å². The molecule has 0 aromatic carbocycles. The normalized spacial score (nSPS) is 11.7. The van der Waals surface area contributed by atoms with Crippen LogP contribution in [0.25, 0.3) is 0 Å². The topological polar surface area (TPSA) is 68.5 Å². The Morgan fingerprint density at radius 3 is 2.89 bits per heavy atom. The number of likely N-dealkylation sites (N-methyl/N-ethyl adjacent to an activating group) is 1. The van der Waals surface area contributed by atoms with Crippen LogP contribution in [0.3, 0.4) is 0 Å². The molecule has 0 fully saturated rings. The van der Waals surface area contributed by atoms with Crippen LogP contribution in [0.1, 0.15) is 11.9 Å². The maximum Gasteiger partial charge on any atom is 0.241 e. The first-order chi connectivity index (χ1) is 8.19. The van der Waals surface area contributed by atoms with Gasteiger partial charge in [-0.2, -0.15) is 0 Å². The average molecular weight is 294 g/mol. The van der Waals surface area contributed by atoms with E-state index in [-0.39, 0.29) is 24.9 Å². The first-order valence-electron chi connectivity index (χ1n) is 5.60. The monoisotopic (exact) mass is 293 g/mol. The molecule has 0 spiro atoms. The Morgan fingerprint density at radius 1 is 1.67 bits per heavy atom. The molecule has 1 unspecified atom stereocenters. The SMILES string of the molecule is CCN(CCc1nccs1)C(=O)C(N)COC.Cl. The number of nitrogens with zero attached hydrogens (tertiary/aromatic N) is 2. The minimum Gasteiger partial charge on any atom is -0.383 e. The predicted octanol–water partition coefficient (Wildman–Crippen LogP) is 0.930. The summed E-state index contributed by atoms with van der Waals surface area (Å²) in [6.07, 6.45) is 2.55. The Balaban J connectivity index is 0.00000289. The van der Waals surface area contributed by atoms with E-state index in [9.17, 15) is 4.79 Å². The standard InChI is InChI=1S/C11H19N3O2S.ClH/c1-3-14(11(15)9(12)8-16-2)6-4-10-13-5-7-17-10;/h5,7,9H,3-4,6,8,12H2,1-2H3;1H. The van der Waals surface area contributed by atoms with Crippen molar-refractivity contribution in [2.24, 2.45) is 5.73 Å². The van der Waals surface area contributed by atoms with Gasteiger partial charge in [0.05, 0.1) is 11.6 Å². The molecule has 0 aliphatic rings. The summed E-state index contributed by atoms with van der Waals surface area (Å²) < 4.78 is 4.89. The maximum absolute atomic E-state index is 11.9. The van der Waals surface area contributed by atoms with Crippen molar-refractivity contribution < 1.29 is 9.53 Å². The summed E-state index contributed by atoms with van der Waals surface area (Å²) in [5, 5.41) is 2.97. The number of nitrogens with two attached hydrogens (primary N) is 1. The van der Waals surface area contributed by atoms with E-state index >= 15 is 0 Å². The summed E-state index contributed by atoms with van der Waals surface area (Å²) in [4.78, 5) is 17.9. The molecule has 0 saturated carbocycles. The summed E-state index contributed by atoms with van der Waals surface area (Å²) in [5.74, 6) is -0.0640. The molecule has 0 aliphatic heterocycles. The number of methoxy groups -OCH3 is 1. The highest BCUT2D eigenvalue weighted by atomic mass is 35.5. The van der Waals surface area contributed by atoms with Gasteiger partial charge in [-0.25, -0.2) is 4.98 Å². The molecule has 0 radical (unpaired) electrons. The van der Waals surface area contributed by atoms with Gasteiger partial charge in [0.25, 0.3) is 0 Å². The fourth-order valence-electron chi connectivity index (χ4n) is 1.52. The van der Waals surface area contributed by atoms with Crippen LogP contribution in [0, 0.1) is 0 Å². The Labute approximate surface area is 118 Å². The Morgan fingerprint density at radius 2 is 2.39 bits per heavy atom. The van der Waals surface area contributed by atoms with Crippen molar-refractivity contribution >= 4 is 29.7 Å². The Hall–Kier alpha value is -0.690. The van der Waals surface area contributed by atoms with Gasteiger partial charge in [-0.15, -0.1) is 23.7 Å². The van der Waals surface area contributed by atoms with E-state index in [2.05, 4.69) is 4.98 Å². The quantitative estimate of drug-likeness (QED) is 0.812. The average Bonchev–Trinajstić information content (AvgIpc) is 2.83. The van der Waals surface area contributed by atoms with E-state index in [0.717, 1.165) is 11.4 Å². The van der Waals surface area contributed by atoms with Crippen molar-refractivity contribution in [1.29, 1.82) is 0 Å². The van der Waals surface area contributed by atoms with Crippen LogP contribution in [-0.2, 0) is 16.0 Å². The molecule has 1 heterocycles. The van der Waals surface area contributed by atoms with Crippen LogP contribution in [0.15, 0.2) is 11.6 Å². The number of aromatic nitrogens is 1. The number of amides is 1. The van der Waals surface area contributed by atoms with Crippen LogP contribution in [-0.4, -0.2) is 48.6 Å². The fourth-order valence-corrected chi connectivity index (χ4v) is 2.13. The van der Waals surface area contributed by atoms with E-state index in [1.54, 1.807) is 29.5 Å². The van der Waals surface area contributed by atoms with E-state index in [0.29, 0.717) is 13.1 Å². The van der Waals surface area contributed by atoms with Gasteiger partial charge in [0.1, 0.15) is 6.04 Å². The lowest BCUT2D eigenvalue weighted by molar-refractivity contribution is -0.133. The highest BCUT2D eigenvalue weighted by molar-refractivity contribution is 7.09. The smallest absolute Gasteiger partial charge is 0.241 e. The van der Waals surface area contributed by atoms with Crippen LogP contribution < -0.4 is 5.73 Å². The number of carbonyl (C=O) groups is 1. The van der Waals surface area contributed by atoms with E-state index in [1.165, 1.54) is 0 Å². The molecule has 1 aromatic heterocycles. The number of hydrogen-bond donors (Lipinski definition) is 1. The second kappa shape index (κ2) is 9.27.